The lowest BCUT2D eigenvalue weighted by molar-refractivity contribution is -0.274. The second-order valence-corrected chi connectivity index (χ2v) is 7.54. The van der Waals surface area contributed by atoms with Crippen LogP contribution >= 0.6 is 0 Å². The summed E-state index contributed by atoms with van der Waals surface area (Å²) in [4.78, 5) is 18.8. The lowest BCUT2D eigenvalue weighted by atomic mass is 10.0. The molecule has 0 spiro atoms. The van der Waals surface area contributed by atoms with E-state index in [1.165, 1.54) is 12.1 Å². The number of rotatable bonds is 5. The summed E-state index contributed by atoms with van der Waals surface area (Å²) >= 11 is 0. The minimum absolute atomic E-state index is 0.242. The number of pyridine rings is 1. The number of carbonyl (C=O) groups is 1. The van der Waals surface area contributed by atoms with E-state index in [2.05, 4.69) is 15.0 Å². The Balaban J connectivity index is 1.58. The smallest absolute Gasteiger partial charge is 0.406 e. The fourth-order valence-corrected chi connectivity index (χ4v) is 3.62. The molecule has 1 unspecified atom stereocenters. The summed E-state index contributed by atoms with van der Waals surface area (Å²) in [7, 11) is 0. The molecule has 1 aliphatic heterocycles. The van der Waals surface area contributed by atoms with Crippen LogP contribution in [-0.4, -0.2) is 52.8 Å². The first-order valence-corrected chi connectivity index (χ1v) is 10.0. The number of alkyl halides is 3. The Morgan fingerprint density at radius 1 is 1.06 bits per heavy atom. The predicted molar refractivity (Wildman–Crippen MR) is 115 cm³/mol. The fourth-order valence-electron chi connectivity index (χ4n) is 3.62. The van der Waals surface area contributed by atoms with Crippen LogP contribution in [0.5, 0.6) is 5.75 Å². The zero-order valence-corrected chi connectivity index (χ0v) is 17.2. The highest BCUT2D eigenvalue weighted by molar-refractivity contribution is 6.05. The van der Waals surface area contributed by atoms with E-state index in [-0.39, 0.29) is 13.1 Å². The summed E-state index contributed by atoms with van der Waals surface area (Å²) in [5, 5.41) is 22.5. The van der Waals surface area contributed by atoms with Crippen LogP contribution in [0, 0.1) is 0 Å². The van der Waals surface area contributed by atoms with Crippen molar-refractivity contribution < 1.29 is 32.9 Å². The van der Waals surface area contributed by atoms with Crippen LogP contribution in [0.4, 0.5) is 24.5 Å². The number of nitrogens with zero attached hydrogens (tertiary/aromatic N) is 2. The van der Waals surface area contributed by atoms with Gasteiger partial charge in [-0.15, -0.1) is 13.2 Å². The van der Waals surface area contributed by atoms with E-state index < -0.39 is 30.2 Å². The van der Waals surface area contributed by atoms with Gasteiger partial charge in [-0.3, -0.25) is 9.78 Å². The second-order valence-electron chi connectivity index (χ2n) is 7.54. The van der Waals surface area contributed by atoms with Gasteiger partial charge in [-0.2, -0.15) is 0 Å². The Kier molecular flexibility index (Phi) is 6.21. The molecule has 3 N–H and O–H groups in total. The first-order chi connectivity index (χ1) is 15.7. The zero-order valence-electron chi connectivity index (χ0n) is 17.2. The van der Waals surface area contributed by atoms with Crippen molar-refractivity contribution in [1.82, 2.24) is 4.98 Å². The number of aliphatic hydroxyl groups is 2. The first kappa shape index (κ1) is 22.6. The summed E-state index contributed by atoms with van der Waals surface area (Å²) in [6.07, 6.45) is -3.28. The minimum atomic E-state index is -4.80. The summed E-state index contributed by atoms with van der Waals surface area (Å²) in [6, 6.07) is 13.4. The van der Waals surface area contributed by atoms with Crippen molar-refractivity contribution >= 4 is 17.3 Å². The van der Waals surface area contributed by atoms with Crippen molar-refractivity contribution in [1.29, 1.82) is 0 Å². The van der Waals surface area contributed by atoms with Gasteiger partial charge in [0.2, 0.25) is 0 Å². The van der Waals surface area contributed by atoms with E-state index in [9.17, 15) is 28.2 Å². The van der Waals surface area contributed by atoms with Gasteiger partial charge in [0.05, 0.1) is 12.2 Å². The SMILES string of the molecule is O=C(Nc1ccc(OC(F)(F)F)cc1)c1ccc(N2CC(O)[C@@H](O)C2)c(-c2cccnc2)c1. The molecule has 2 aromatic carbocycles. The topological polar surface area (TPSA) is 94.9 Å². The number of hydrogen-bond acceptors (Lipinski definition) is 6. The third-order valence-corrected chi connectivity index (χ3v) is 5.18. The Morgan fingerprint density at radius 2 is 1.76 bits per heavy atom. The van der Waals surface area contributed by atoms with Crippen LogP contribution in [0.25, 0.3) is 11.1 Å². The average Bonchev–Trinajstić information content (AvgIpc) is 3.12. The maximum atomic E-state index is 12.8. The van der Waals surface area contributed by atoms with E-state index in [1.807, 2.05) is 11.0 Å². The maximum Gasteiger partial charge on any atom is 0.573 e. The summed E-state index contributed by atoms with van der Waals surface area (Å²) in [5.41, 5.74) is 2.77. The molecular weight excluding hydrogens is 439 g/mol. The molecule has 0 saturated carbocycles. The van der Waals surface area contributed by atoms with Crippen molar-refractivity contribution in [3.05, 3.63) is 72.6 Å². The maximum absolute atomic E-state index is 12.8. The Morgan fingerprint density at radius 3 is 2.36 bits per heavy atom. The van der Waals surface area contributed by atoms with Crippen LogP contribution in [0.1, 0.15) is 10.4 Å². The quantitative estimate of drug-likeness (QED) is 0.541. The third-order valence-electron chi connectivity index (χ3n) is 5.18. The molecule has 1 aliphatic rings. The number of halogens is 3. The van der Waals surface area contributed by atoms with Gasteiger partial charge in [0, 0.05) is 53.5 Å². The predicted octanol–water partition coefficient (Wildman–Crippen LogP) is 3.44. The summed E-state index contributed by atoms with van der Waals surface area (Å²) in [6.45, 7) is 0.485. The molecule has 2 heterocycles. The van der Waals surface area contributed by atoms with Gasteiger partial charge in [0.25, 0.3) is 5.91 Å². The van der Waals surface area contributed by atoms with Crippen molar-refractivity contribution in [2.24, 2.45) is 0 Å². The molecule has 0 radical (unpaired) electrons. The number of anilines is 2. The zero-order chi connectivity index (χ0) is 23.6. The van der Waals surface area contributed by atoms with Crippen molar-refractivity contribution in [2.45, 2.75) is 18.6 Å². The summed E-state index contributed by atoms with van der Waals surface area (Å²) in [5.74, 6) is -0.851. The lowest BCUT2D eigenvalue weighted by Crippen LogP contribution is -2.22. The molecule has 1 saturated heterocycles. The number of ether oxygens (including phenoxy) is 1. The Hall–Kier alpha value is -3.63. The number of aliphatic hydroxyl groups excluding tert-OH is 2. The molecule has 1 fully saturated rings. The fraction of sp³-hybridized carbons (Fsp3) is 0.217. The number of benzene rings is 2. The standard InChI is InChI=1S/C23H20F3N3O4/c24-23(25,26)33-17-6-4-16(5-7-17)28-22(32)14-3-8-19(29-12-20(30)21(31)13-29)18(10-14)15-2-1-9-27-11-15/h1-11,20-21,30-31H,12-13H2,(H,28,32)/t20-,21?/m0/s1. The van der Waals surface area contributed by atoms with Crippen LogP contribution < -0.4 is 15.0 Å². The second kappa shape index (κ2) is 9.08. The van der Waals surface area contributed by atoms with E-state index in [4.69, 9.17) is 0 Å². The minimum Gasteiger partial charge on any atom is -0.406 e. The van der Waals surface area contributed by atoms with Gasteiger partial charge in [0.1, 0.15) is 5.75 Å². The molecule has 10 heteroatoms. The largest absolute Gasteiger partial charge is 0.573 e. The molecule has 172 valence electrons. The number of carbonyl (C=O) groups excluding carboxylic acids is 1. The Bertz CT molecular complexity index is 1110. The molecule has 1 aromatic heterocycles. The van der Waals surface area contributed by atoms with Crippen LogP contribution in [0.15, 0.2) is 67.0 Å². The molecule has 3 aromatic rings. The molecule has 2 atom stereocenters. The van der Waals surface area contributed by atoms with Gasteiger partial charge < -0.3 is 25.2 Å². The van der Waals surface area contributed by atoms with Crippen LogP contribution in [0.2, 0.25) is 0 Å². The molecule has 33 heavy (non-hydrogen) atoms. The van der Waals surface area contributed by atoms with Crippen molar-refractivity contribution in [2.75, 3.05) is 23.3 Å². The van der Waals surface area contributed by atoms with E-state index in [0.29, 0.717) is 16.8 Å². The average molecular weight is 459 g/mol. The van der Waals surface area contributed by atoms with Crippen LogP contribution in [-0.2, 0) is 0 Å². The van der Waals surface area contributed by atoms with E-state index in [1.54, 1.807) is 36.7 Å². The first-order valence-electron chi connectivity index (χ1n) is 10.0. The number of amides is 1. The third kappa shape index (κ3) is 5.41. The van der Waals surface area contributed by atoms with Gasteiger partial charge in [0.15, 0.2) is 0 Å². The van der Waals surface area contributed by atoms with Crippen molar-refractivity contribution in [3.8, 4) is 16.9 Å². The molecule has 4 rings (SSSR count). The highest BCUT2D eigenvalue weighted by atomic mass is 19.4. The number of hydrogen-bond donors (Lipinski definition) is 3. The number of aromatic nitrogens is 1. The normalized spacial score (nSPS) is 18.3. The molecular formula is C23H20F3N3O4. The van der Waals surface area contributed by atoms with Gasteiger partial charge in [-0.05, 0) is 48.5 Å². The van der Waals surface area contributed by atoms with Gasteiger partial charge >= 0.3 is 6.36 Å². The monoisotopic (exact) mass is 459 g/mol. The molecule has 0 aliphatic carbocycles. The highest BCUT2D eigenvalue weighted by Gasteiger charge is 2.32. The van der Waals surface area contributed by atoms with Gasteiger partial charge in [-0.1, -0.05) is 6.07 Å². The summed E-state index contributed by atoms with van der Waals surface area (Å²) < 4.78 is 40.8. The van der Waals surface area contributed by atoms with Gasteiger partial charge in [-0.25, -0.2) is 0 Å². The van der Waals surface area contributed by atoms with E-state index >= 15 is 0 Å². The van der Waals surface area contributed by atoms with E-state index in [0.717, 1.165) is 23.4 Å². The van der Waals surface area contributed by atoms with Crippen LogP contribution in [0.3, 0.4) is 0 Å². The van der Waals surface area contributed by atoms with Crippen molar-refractivity contribution in [3.63, 3.8) is 0 Å². The highest BCUT2D eigenvalue weighted by Crippen LogP contribution is 2.34. The molecule has 1 amide bonds. The molecule has 0 bridgehead atoms. The number of β-amino-alcohol motifs (C(OH)–C–C–N with tert-alkyl or cyclic N) is 2. The lowest BCUT2D eigenvalue weighted by Gasteiger charge is -2.22. The Labute approximate surface area is 187 Å². The molecule has 7 nitrogen and oxygen atoms in total. The number of nitrogens with one attached hydrogen (secondary N) is 1.